The van der Waals surface area contributed by atoms with Crippen molar-refractivity contribution in [2.24, 2.45) is 0 Å². The Morgan fingerprint density at radius 1 is 1.21 bits per heavy atom. The van der Waals surface area contributed by atoms with Crippen LogP contribution in [-0.2, 0) is 6.42 Å². The van der Waals surface area contributed by atoms with Crippen molar-refractivity contribution >= 4 is 45.5 Å². The summed E-state index contributed by atoms with van der Waals surface area (Å²) < 4.78 is 0. The Morgan fingerprint density at radius 3 is 2.54 bits per heavy atom. The minimum atomic E-state index is -0.517. The Bertz CT molecular complexity index is 898. The summed E-state index contributed by atoms with van der Waals surface area (Å²) in [5.41, 5.74) is 3.85. The van der Waals surface area contributed by atoms with Crippen molar-refractivity contribution in [3.05, 3.63) is 67.8 Å². The summed E-state index contributed by atoms with van der Waals surface area (Å²) >= 11 is 12.2. The van der Waals surface area contributed by atoms with E-state index in [-0.39, 0.29) is 15.7 Å². The maximum absolute atomic E-state index is 10.8. The lowest BCUT2D eigenvalue weighted by atomic mass is 10.1. The predicted octanol–water partition coefficient (Wildman–Crippen LogP) is 5.35. The van der Waals surface area contributed by atoms with Gasteiger partial charge in [0.05, 0.1) is 20.7 Å². The van der Waals surface area contributed by atoms with Crippen LogP contribution in [0.15, 0.2) is 36.4 Å². The number of anilines is 1. The number of nitro groups is 1. The number of para-hydroxylation sites is 1. The van der Waals surface area contributed by atoms with Crippen LogP contribution in [0.4, 0.5) is 11.4 Å². The predicted molar refractivity (Wildman–Crippen MR) is 98.3 cm³/mol. The van der Waals surface area contributed by atoms with Gasteiger partial charge in [-0.3, -0.25) is 10.1 Å². The van der Waals surface area contributed by atoms with Gasteiger partial charge in [0.1, 0.15) is 0 Å². The second kappa shape index (κ2) is 6.71. The first-order valence-electron chi connectivity index (χ1n) is 7.41. The van der Waals surface area contributed by atoms with E-state index in [1.807, 2.05) is 25.1 Å². The van der Waals surface area contributed by atoms with Gasteiger partial charge in [0.25, 0.3) is 5.69 Å². The Balaban J connectivity index is 1.77. The lowest BCUT2D eigenvalue weighted by molar-refractivity contribution is -0.384. The van der Waals surface area contributed by atoms with Gasteiger partial charge in [0, 0.05) is 35.3 Å². The Kier molecular flexibility index (Phi) is 4.64. The Morgan fingerprint density at radius 2 is 1.88 bits per heavy atom. The van der Waals surface area contributed by atoms with Gasteiger partial charge in [0.2, 0.25) is 0 Å². The summed E-state index contributed by atoms with van der Waals surface area (Å²) in [6.07, 6.45) is 0.777. The first kappa shape index (κ1) is 16.6. The van der Waals surface area contributed by atoms with E-state index < -0.39 is 4.92 Å². The van der Waals surface area contributed by atoms with E-state index in [4.69, 9.17) is 23.2 Å². The molecule has 2 N–H and O–H groups in total. The Hall–Kier alpha value is -2.24. The highest BCUT2D eigenvalue weighted by Gasteiger charge is 2.15. The molecule has 0 fully saturated rings. The molecule has 0 spiro atoms. The summed E-state index contributed by atoms with van der Waals surface area (Å²) in [5, 5.41) is 15.7. The van der Waals surface area contributed by atoms with Crippen molar-refractivity contribution in [1.82, 2.24) is 4.98 Å². The van der Waals surface area contributed by atoms with Crippen molar-refractivity contribution in [2.45, 2.75) is 13.3 Å². The largest absolute Gasteiger partial charge is 0.382 e. The maximum atomic E-state index is 10.8. The number of hydrogen-bond donors (Lipinski definition) is 2. The van der Waals surface area contributed by atoms with E-state index in [0.29, 0.717) is 12.2 Å². The summed E-state index contributed by atoms with van der Waals surface area (Å²) in [6, 6.07) is 10.7. The van der Waals surface area contributed by atoms with Crippen LogP contribution >= 0.6 is 23.2 Å². The molecule has 0 unspecified atom stereocenters. The number of rotatable bonds is 5. The molecule has 7 heteroatoms. The number of aromatic amines is 1. The normalized spacial score (nSPS) is 11.0. The highest BCUT2D eigenvalue weighted by Crippen LogP contribution is 2.34. The topological polar surface area (TPSA) is 71.0 Å². The van der Waals surface area contributed by atoms with E-state index in [1.165, 1.54) is 23.1 Å². The first-order valence-corrected chi connectivity index (χ1v) is 8.16. The zero-order valence-electron chi connectivity index (χ0n) is 12.9. The van der Waals surface area contributed by atoms with E-state index >= 15 is 0 Å². The van der Waals surface area contributed by atoms with Crippen LogP contribution in [-0.4, -0.2) is 16.5 Å². The molecular weight excluding hydrogens is 349 g/mol. The number of H-pyrrole nitrogens is 1. The molecule has 3 rings (SSSR count). The number of aromatic nitrogens is 1. The smallest absolute Gasteiger partial charge is 0.272 e. The number of aryl methyl sites for hydroxylation is 1. The van der Waals surface area contributed by atoms with Crippen molar-refractivity contribution < 1.29 is 4.92 Å². The van der Waals surface area contributed by atoms with E-state index in [1.54, 1.807) is 0 Å². The molecule has 0 aliphatic carbocycles. The Labute approximate surface area is 148 Å². The molecule has 5 nitrogen and oxygen atoms in total. The van der Waals surface area contributed by atoms with Crippen LogP contribution in [0.5, 0.6) is 0 Å². The van der Waals surface area contributed by atoms with E-state index in [2.05, 4.69) is 16.4 Å². The fraction of sp³-hybridized carbons (Fsp3) is 0.176. The molecule has 124 valence electrons. The molecule has 0 aliphatic heterocycles. The van der Waals surface area contributed by atoms with Crippen LogP contribution < -0.4 is 5.32 Å². The first-order chi connectivity index (χ1) is 11.5. The SMILES string of the molecule is Cc1[nH]c2ccccc2c1CCNc1c(Cl)cc([N+](=O)[O-])cc1Cl. The second-order valence-electron chi connectivity index (χ2n) is 5.49. The quantitative estimate of drug-likeness (QED) is 0.474. The summed E-state index contributed by atoms with van der Waals surface area (Å²) in [4.78, 5) is 13.7. The van der Waals surface area contributed by atoms with E-state index in [9.17, 15) is 10.1 Å². The number of non-ortho nitro benzene ring substituents is 1. The van der Waals surface area contributed by atoms with Crippen molar-refractivity contribution in [3.8, 4) is 0 Å². The molecule has 0 saturated heterocycles. The highest BCUT2D eigenvalue weighted by atomic mass is 35.5. The summed E-state index contributed by atoms with van der Waals surface area (Å²) in [7, 11) is 0. The van der Waals surface area contributed by atoms with Crippen molar-refractivity contribution in [2.75, 3.05) is 11.9 Å². The third-order valence-electron chi connectivity index (χ3n) is 3.94. The molecule has 24 heavy (non-hydrogen) atoms. The van der Waals surface area contributed by atoms with Gasteiger partial charge in [0.15, 0.2) is 0 Å². The lowest BCUT2D eigenvalue weighted by Gasteiger charge is -2.10. The summed E-state index contributed by atoms with van der Waals surface area (Å²) in [5.74, 6) is 0. The number of nitro benzene ring substituents is 1. The van der Waals surface area contributed by atoms with Crippen molar-refractivity contribution in [3.63, 3.8) is 0 Å². The monoisotopic (exact) mass is 363 g/mol. The number of nitrogens with zero attached hydrogens (tertiary/aromatic N) is 1. The lowest BCUT2D eigenvalue weighted by Crippen LogP contribution is -2.06. The third-order valence-corrected chi connectivity index (χ3v) is 4.54. The van der Waals surface area contributed by atoms with Gasteiger partial charge in [-0.05, 0) is 25.0 Å². The van der Waals surface area contributed by atoms with Crippen LogP contribution in [0, 0.1) is 17.0 Å². The summed E-state index contributed by atoms with van der Waals surface area (Å²) in [6.45, 7) is 2.65. The fourth-order valence-corrected chi connectivity index (χ4v) is 3.41. The number of benzene rings is 2. The molecule has 1 aromatic heterocycles. The molecular formula is C17H15Cl2N3O2. The molecule has 1 heterocycles. The van der Waals surface area contributed by atoms with Crippen LogP contribution in [0.25, 0.3) is 10.9 Å². The molecule has 0 saturated carbocycles. The average Bonchev–Trinajstić information content (AvgIpc) is 2.85. The molecule has 2 aromatic carbocycles. The standard InChI is InChI=1S/C17H15Cl2N3O2/c1-10-12(13-4-2-3-5-16(13)21-10)6-7-20-17-14(18)8-11(22(23)24)9-15(17)19/h2-5,8-9,20-21H,6-7H2,1H3. The van der Waals surface area contributed by atoms with Gasteiger partial charge in [-0.2, -0.15) is 0 Å². The zero-order valence-corrected chi connectivity index (χ0v) is 14.4. The van der Waals surface area contributed by atoms with E-state index in [0.717, 1.165) is 17.6 Å². The minimum Gasteiger partial charge on any atom is -0.382 e. The van der Waals surface area contributed by atoms with Crippen LogP contribution in [0.1, 0.15) is 11.3 Å². The third kappa shape index (κ3) is 3.18. The highest BCUT2D eigenvalue weighted by molar-refractivity contribution is 6.39. The number of halogens is 2. The van der Waals surface area contributed by atoms with Crippen LogP contribution in [0.3, 0.4) is 0 Å². The molecule has 0 aliphatic rings. The maximum Gasteiger partial charge on any atom is 0.272 e. The zero-order chi connectivity index (χ0) is 17.3. The number of hydrogen-bond acceptors (Lipinski definition) is 3. The fourth-order valence-electron chi connectivity index (χ4n) is 2.80. The van der Waals surface area contributed by atoms with Gasteiger partial charge in [-0.15, -0.1) is 0 Å². The van der Waals surface area contributed by atoms with Gasteiger partial charge in [-0.25, -0.2) is 0 Å². The van der Waals surface area contributed by atoms with Gasteiger partial charge >= 0.3 is 0 Å². The molecule has 0 atom stereocenters. The van der Waals surface area contributed by atoms with Gasteiger partial charge in [-0.1, -0.05) is 41.4 Å². The number of nitrogens with one attached hydrogen (secondary N) is 2. The second-order valence-corrected chi connectivity index (χ2v) is 6.31. The molecule has 0 bridgehead atoms. The van der Waals surface area contributed by atoms with Crippen molar-refractivity contribution in [1.29, 1.82) is 0 Å². The molecule has 0 radical (unpaired) electrons. The van der Waals surface area contributed by atoms with Crippen LogP contribution in [0.2, 0.25) is 10.0 Å². The van der Waals surface area contributed by atoms with Gasteiger partial charge < -0.3 is 10.3 Å². The average molecular weight is 364 g/mol. The minimum absolute atomic E-state index is 0.122. The molecule has 0 amide bonds. The molecule has 3 aromatic rings. The number of fused-ring (bicyclic) bond motifs is 1.